The van der Waals surface area contributed by atoms with Crippen LogP contribution in [0.15, 0.2) is 217 Å². The number of nitrogens with zero attached hydrogens (tertiary/aromatic N) is 1. The van der Waals surface area contributed by atoms with Crippen LogP contribution in [-0.4, -0.2) is 0 Å². The number of benzene rings is 9. The molecule has 268 valence electrons. The molecule has 0 fully saturated rings. The lowest BCUT2D eigenvalue weighted by Gasteiger charge is -2.26. The molecule has 0 spiro atoms. The Kier molecular flexibility index (Phi) is 8.04. The van der Waals surface area contributed by atoms with Gasteiger partial charge in [-0.2, -0.15) is 0 Å². The van der Waals surface area contributed by atoms with Gasteiger partial charge >= 0.3 is 0 Å². The van der Waals surface area contributed by atoms with E-state index in [1.165, 1.54) is 59.1 Å². The van der Waals surface area contributed by atoms with Gasteiger partial charge in [0.05, 0.1) is 0 Å². The van der Waals surface area contributed by atoms with Crippen molar-refractivity contribution >= 4 is 70.5 Å². The van der Waals surface area contributed by atoms with Crippen molar-refractivity contribution in [1.82, 2.24) is 0 Å². The minimum Gasteiger partial charge on any atom is -0.455 e. The Morgan fingerprint density at radius 1 is 0.298 bits per heavy atom. The number of anilines is 3. The molecule has 0 aliphatic carbocycles. The Morgan fingerprint density at radius 3 is 1.30 bits per heavy atom. The molecule has 0 saturated heterocycles. The zero-order valence-corrected chi connectivity index (χ0v) is 31.8. The quantitative estimate of drug-likeness (QED) is 0.162. The average Bonchev–Trinajstić information content (AvgIpc) is 3.87. The summed E-state index contributed by atoms with van der Waals surface area (Å²) in [5, 5.41) is 4.84. The van der Waals surface area contributed by atoms with Crippen molar-refractivity contribution in [2.24, 2.45) is 0 Å². The highest BCUT2D eigenvalue weighted by Gasteiger charge is 2.19. The van der Waals surface area contributed by atoms with Crippen molar-refractivity contribution in [2.45, 2.75) is 0 Å². The summed E-state index contributed by atoms with van der Waals surface area (Å²) in [4.78, 5) is 2.35. The standard InChI is InChI=1S/C54H35NOS/c1-3-12-36(13-4-1)38-24-30-41(31-25-38)55(42-32-26-39(27-33-42)37-14-5-2-6-15-37)43-34-28-40(29-35-43)44-17-9-21-49-50-22-11-20-48(54(50)57-53(44)49)47-19-10-18-46-45-16-7-8-23-51(45)56-52(46)47/h1-35H. The molecule has 2 nitrogen and oxygen atoms in total. The Balaban J connectivity index is 0.995. The highest BCUT2D eigenvalue weighted by atomic mass is 32.1. The van der Waals surface area contributed by atoms with Gasteiger partial charge < -0.3 is 9.32 Å². The van der Waals surface area contributed by atoms with Crippen LogP contribution in [0.2, 0.25) is 0 Å². The molecule has 0 unspecified atom stereocenters. The van der Waals surface area contributed by atoms with Crippen molar-refractivity contribution < 1.29 is 4.42 Å². The fourth-order valence-corrected chi connectivity index (χ4v) is 9.69. The molecule has 2 heterocycles. The maximum atomic E-state index is 6.50. The van der Waals surface area contributed by atoms with Crippen LogP contribution in [0, 0.1) is 0 Å². The first-order valence-corrected chi connectivity index (χ1v) is 20.1. The maximum Gasteiger partial charge on any atom is 0.143 e. The van der Waals surface area contributed by atoms with E-state index in [2.05, 4.69) is 211 Å². The van der Waals surface area contributed by atoms with Crippen LogP contribution in [0.25, 0.3) is 86.6 Å². The summed E-state index contributed by atoms with van der Waals surface area (Å²) in [6.07, 6.45) is 0. The molecule has 0 radical (unpaired) electrons. The summed E-state index contributed by atoms with van der Waals surface area (Å²) in [7, 11) is 0. The lowest BCUT2D eigenvalue weighted by molar-refractivity contribution is 0.670. The second-order valence-electron chi connectivity index (χ2n) is 14.5. The SMILES string of the molecule is c1ccc(-c2ccc(N(c3ccc(-c4ccccc4)cc3)c3ccc(-c4cccc5c4sc4c(-c6cccc7c6oc6ccccc67)cccc45)cc3)cc2)cc1. The summed E-state index contributed by atoms with van der Waals surface area (Å²) in [6, 6.07) is 76.2. The Labute approximate surface area is 335 Å². The van der Waals surface area contributed by atoms with Gasteiger partial charge in [0.25, 0.3) is 0 Å². The third-order valence-corrected chi connectivity index (χ3v) is 12.4. The van der Waals surface area contributed by atoms with E-state index in [0.717, 1.165) is 44.6 Å². The normalized spacial score (nSPS) is 11.5. The van der Waals surface area contributed by atoms with Crippen LogP contribution >= 0.6 is 11.3 Å². The van der Waals surface area contributed by atoms with Gasteiger partial charge in [-0.1, -0.05) is 170 Å². The molecule has 57 heavy (non-hydrogen) atoms. The Morgan fingerprint density at radius 2 is 0.719 bits per heavy atom. The van der Waals surface area contributed by atoms with Crippen LogP contribution in [0.3, 0.4) is 0 Å². The second-order valence-corrected chi connectivity index (χ2v) is 15.5. The molecule has 0 saturated carbocycles. The minimum absolute atomic E-state index is 0.918. The molecule has 11 aromatic rings. The van der Waals surface area contributed by atoms with Gasteiger partial charge in [-0.05, 0) is 75.8 Å². The number of rotatable bonds is 7. The maximum absolute atomic E-state index is 6.50. The average molecular weight is 746 g/mol. The fourth-order valence-electron chi connectivity index (χ4n) is 8.32. The first-order chi connectivity index (χ1) is 28.3. The number of thiophene rings is 1. The largest absolute Gasteiger partial charge is 0.455 e. The number of para-hydroxylation sites is 2. The molecule has 0 aliphatic rings. The fraction of sp³-hybridized carbons (Fsp3) is 0. The van der Waals surface area contributed by atoms with Gasteiger partial charge in [0.1, 0.15) is 11.2 Å². The third kappa shape index (κ3) is 5.80. The molecular weight excluding hydrogens is 711 g/mol. The summed E-state index contributed by atoms with van der Waals surface area (Å²) in [5.41, 5.74) is 14.7. The second kappa shape index (κ2) is 13.8. The van der Waals surface area contributed by atoms with Crippen LogP contribution in [0.4, 0.5) is 17.1 Å². The molecule has 0 aliphatic heterocycles. The molecular formula is C54H35NOS. The van der Waals surface area contributed by atoms with Gasteiger partial charge in [0.15, 0.2) is 0 Å². The molecule has 3 heteroatoms. The summed E-state index contributed by atoms with van der Waals surface area (Å²) < 4.78 is 9.06. The zero-order valence-electron chi connectivity index (χ0n) is 31.0. The van der Waals surface area contributed by atoms with Gasteiger partial charge in [0.2, 0.25) is 0 Å². The first-order valence-electron chi connectivity index (χ1n) is 19.3. The molecule has 0 bridgehead atoms. The van der Waals surface area contributed by atoms with Crippen molar-refractivity contribution in [1.29, 1.82) is 0 Å². The summed E-state index contributed by atoms with van der Waals surface area (Å²) >= 11 is 1.87. The van der Waals surface area contributed by atoms with E-state index < -0.39 is 0 Å². The lowest BCUT2D eigenvalue weighted by atomic mass is 9.99. The summed E-state index contributed by atoms with van der Waals surface area (Å²) in [5.74, 6) is 0. The number of furan rings is 1. The van der Waals surface area contributed by atoms with Gasteiger partial charge in [-0.25, -0.2) is 0 Å². The van der Waals surface area contributed by atoms with Gasteiger partial charge in [-0.3, -0.25) is 0 Å². The van der Waals surface area contributed by atoms with Crippen LogP contribution in [0.1, 0.15) is 0 Å². The van der Waals surface area contributed by atoms with Crippen molar-refractivity contribution in [3.8, 4) is 44.5 Å². The molecule has 2 aromatic heterocycles. The summed E-state index contributed by atoms with van der Waals surface area (Å²) in [6.45, 7) is 0. The van der Waals surface area contributed by atoms with E-state index >= 15 is 0 Å². The molecule has 9 aromatic carbocycles. The van der Waals surface area contributed by atoms with E-state index in [1.807, 2.05) is 17.4 Å². The van der Waals surface area contributed by atoms with Crippen molar-refractivity contribution in [3.05, 3.63) is 212 Å². The van der Waals surface area contributed by atoms with Gasteiger partial charge in [0, 0.05) is 59.1 Å². The third-order valence-electron chi connectivity index (χ3n) is 11.1. The van der Waals surface area contributed by atoms with Crippen LogP contribution in [-0.2, 0) is 0 Å². The van der Waals surface area contributed by atoms with E-state index in [9.17, 15) is 0 Å². The first kappa shape index (κ1) is 33.2. The minimum atomic E-state index is 0.918. The topological polar surface area (TPSA) is 16.4 Å². The van der Waals surface area contributed by atoms with E-state index in [-0.39, 0.29) is 0 Å². The van der Waals surface area contributed by atoms with E-state index in [1.54, 1.807) is 0 Å². The lowest BCUT2D eigenvalue weighted by Crippen LogP contribution is -2.09. The number of fused-ring (bicyclic) bond motifs is 6. The molecule has 0 atom stereocenters. The highest BCUT2D eigenvalue weighted by molar-refractivity contribution is 7.26. The molecule has 0 N–H and O–H groups in total. The van der Waals surface area contributed by atoms with Crippen LogP contribution < -0.4 is 4.90 Å². The monoisotopic (exact) mass is 745 g/mol. The Bertz CT molecular complexity index is 3110. The Hall–Kier alpha value is -7.20. The van der Waals surface area contributed by atoms with E-state index in [4.69, 9.17) is 4.42 Å². The van der Waals surface area contributed by atoms with Crippen molar-refractivity contribution in [2.75, 3.05) is 4.90 Å². The smallest absolute Gasteiger partial charge is 0.143 e. The van der Waals surface area contributed by atoms with Crippen LogP contribution in [0.5, 0.6) is 0 Å². The van der Waals surface area contributed by atoms with Gasteiger partial charge in [-0.15, -0.1) is 11.3 Å². The predicted octanol–water partition coefficient (Wildman–Crippen LogP) is 16.1. The zero-order chi connectivity index (χ0) is 37.7. The molecule has 11 rings (SSSR count). The highest BCUT2D eigenvalue weighted by Crippen LogP contribution is 2.46. The van der Waals surface area contributed by atoms with Crippen molar-refractivity contribution in [3.63, 3.8) is 0 Å². The molecule has 0 amide bonds. The number of hydrogen-bond donors (Lipinski definition) is 0. The van der Waals surface area contributed by atoms with E-state index in [0.29, 0.717) is 0 Å². The number of hydrogen-bond acceptors (Lipinski definition) is 3. The predicted molar refractivity (Wildman–Crippen MR) is 243 cm³/mol.